The fourth-order valence-electron chi connectivity index (χ4n) is 1.86. The second-order valence-corrected chi connectivity index (χ2v) is 5.57. The van der Waals surface area contributed by atoms with E-state index in [0.717, 1.165) is 12.2 Å². The van der Waals surface area contributed by atoms with E-state index in [9.17, 15) is 4.79 Å². The molecule has 0 N–H and O–H groups in total. The molecule has 1 aromatic carbocycles. The first-order valence-electron chi connectivity index (χ1n) is 6.19. The van der Waals surface area contributed by atoms with Gasteiger partial charge in [-0.1, -0.05) is 24.3 Å². The minimum absolute atomic E-state index is 0.102. The highest BCUT2D eigenvalue weighted by molar-refractivity contribution is 7.09. The van der Waals surface area contributed by atoms with Crippen LogP contribution >= 0.6 is 11.3 Å². The SMILES string of the molecule is CN(CC(=O)N(C)c1ccccc1)Cc1cccs1. The summed E-state index contributed by atoms with van der Waals surface area (Å²) in [4.78, 5) is 17.2. The van der Waals surface area contributed by atoms with E-state index in [1.165, 1.54) is 4.88 Å². The van der Waals surface area contributed by atoms with Crippen LogP contribution in [0.1, 0.15) is 4.88 Å². The summed E-state index contributed by atoms with van der Waals surface area (Å²) < 4.78 is 0. The molecule has 0 atom stereocenters. The minimum atomic E-state index is 0.102. The number of hydrogen-bond donors (Lipinski definition) is 0. The van der Waals surface area contributed by atoms with E-state index in [1.807, 2.05) is 55.4 Å². The van der Waals surface area contributed by atoms with E-state index in [-0.39, 0.29) is 5.91 Å². The van der Waals surface area contributed by atoms with Crippen LogP contribution in [0.25, 0.3) is 0 Å². The third-order valence-corrected chi connectivity index (χ3v) is 3.79. The Hall–Kier alpha value is -1.65. The summed E-state index contributed by atoms with van der Waals surface area (Å²) in [5, 5.41) is 2.06. The highest BCUT2D eigenvalue weighted by Gasteiger charge is 2.13. The van der Waals surface area contributed by atoms with Crippen molar-refractivity contribution in [1.29, 1.82) is 0 Å². The van der Waals surface area contributed by atoms with Crippen LogP contribution in [-0.2, 0) is 11.3 Å². The normalized spacial score (nSPS) is 10.7. The van der Waals surface area contributed by atoms with Gasteiger partial charge < -0.3 is 4.90 Å². The molecule has 100 valence electrons. The second-order valence-electron chi connectivity index (χ2n) is 4.54. The maximum Gasteiger partial charge on any atom is 0.240 e. The first-order chi connectivity index (χ1) is 9.16. The number of benzene rings is 1. The van der Waals surface area contributed by atoms with Crippen LogP contribution in [0.5, 0.6) is 0 Å². The predicted octanol–water partition coefficient (Wildman–Crippen LogP) is 2.84. The fourth-order valence-corrected chi connectivity index (χ4v) is 2.64. The summed E-state index contributed by atoms with van der Waals surface area (Å²) in [5.74, 6) is 0.102. The Morgan fingerprint density at radius 2 is 1.84 bits per heavy atom. The Balaban J connectivity index is 1.90. The van der Waals surface area contributed by atoms with Crippen molar-refractivity contribution in [2.75, 3.05) is 25.5 Å². The molecule has 0 aliphatic carbocycles. The predicted molar refractivity (Wildman–Crippen MR) is 80.5 cm³/mol. The number of thiophene rings is 1. The number of amides is 1. The van der Waals surface area contributed by atoms with Crippen molar-refractivity contribution >= 4 is 22.9 Å². The Morgan fingerprint density at radius 1 is 1.11 bits per heavy atom. The first-order valence-corrected chi connectivity index (χ1v) is 7.07. The summed E-state index contributed by atoms with van der Waals surface area (Å²) in [7, 11) is 3.78. The largest absolute Gasteiger partial charge is 0.314 e. The van der Waals surface area contributed by atoms with Gasteiger partial charge in [-0.2, -0.15) is 0 Å². The number of carbonyl (C=O) groups excluding carboxylic acids is 1. The molecule has 0 bridgehead atoms. The van der Waals surface area contributed by atoms with Crippen molar-refractivity contribution in [3.05, 3.63) is 52.7 Å². The smallest absolute Gasteiger partial charge is 0.240 e. The van der Waals surface area contributed by atoms with Crippen LogP contribution in [0.2, 0.25) is 0 Å². The van der Waals surface area contributed by atoms with Gasteiger partial charge in [-0.25, -0.2) is 0 Å². The van der Waals surface area contributed by atoms with Crippen LogP contribution < -0.4 is 4.90 Å². The lowest BCUT2D eigenvalue weighted by Crippen LogP contribution is -2.36. The lowest BCUT2D eigenvalue weighted by Gasteiger charge is -2.21. The molecule has 0 aliphatic heterocycles. The number of nitrogens with zero attached hydrogens (tertiary/aromatic N) is 2. The molecule has 4 heteroatoms. The van der Waals surface area contributed by atoms with E-state index in [4.69, 9.17) is 0 Å². The van der Waals surface area contributed by atoms with Gasteiger partial charge >= 0.3 is 0 Å². The van der Waals surface area contributed by atoms with Crippen LogP contribution in [0.4, 0.5) is 5.69 Å². The average molecular weight is 274 g/mol. The second kappa shape index (κ2) is 6.50. The third kappa shape index (κ3) is 3.91. The maximum absolute atomic E-state index is 12.2. The van der Waals surface area contributed by atoms with Crippen LogP contribution in [0, 0.1) is 0 Å². The zero-order chi connectivity index (χ0) is 13.7. The molecule has 0 unspecified atom stereocenters. The number of rotatable bonds is 5. The third-order valence-electron chi connectivity index (χ3n) is 2.93. The molecule has 1 heterocycles. The molecule has 3 nitrogen and oxygen atoms in total. The van der Waals surface area contributed by atoms with Gasteiger partial charge in [0.25, 0.3) is 0 Å². The topological polar surface area (TPSA) is 23.6 Å². The van der Waals surface area contributed by atoms with Crippen LogP contribution in [-0.4, -0.2) is 31.4 Å². The molecule has 0 saturated carbocycles. The van der Waals surface area contributed by atoms with Crippen molar-refractivity contribution in [2.24, 2.45) is 0 Å². The number of anilines is 1. The van der Waals surface area contributed by atoms with Gasteiger partial charge in [0.05, 0.1) is 6.54 Å². The minimum Gasteiger partial charge on any atom is -0.314 e. The van der Waals surface area contributed by atoms with E-state index in [0.29, 0.717) is 6.54 Å². The van der Waals surface area contributed by atoms with Gasteiger partial charge in [-0.05, 0) is 30.6 Å². The van der Waals surface area contributed by atoms with Gasteiger partial charge in [-0.15, -0.1) is 11.3 Å². The molecule has 2 rings (SSSR count). The molecular weight excluding hydrogens is 256 g/mol. The van der Waals surface area contributed by atoms with Crippen LogP contribution in [0.3, 0.4) is 0 Å². The van der Waals surface area contributed by atoms with Gasteiger partial charge in [0, 0.05) is 24.2 Å². The Kier molecular flexibility index (Phi) is 4.71. The molecule has 19 heavy (non-hydrogen) atoms. The van der Waals surface area contributed by atoms with E-state index in [2.05, 4.69) is 11.4 Å². The van der Waals surface area contributed by atoms with Crippen molar-refractivity contribution < 1.29 is 4.79 Å². The molecule has 0 spiro atoms. The van der Waals surface area contributed by atoms with E-state index in [1.54, 1.807) is 16.2 Å². The average Bonchev–Trinajstić information content (AvgIpc) is 2.91. The Morgan fingerprint density at radius 3 is 2.47 bits per heavy atom. The standard InChI is InChI=1S/C15H18N2OS/c1-16(11-14-9-6-10-19-14)12-15(18)17(2)13-7-4-3-5-8-13/h3-10H,11-12H2,1-2H3. The van der Waals surface area contributed by atoms with Gasteiger partial charge in [0.2, 0.25) is 5.91 Å². The molecule has 1 amide bonds. The molecule has 0 saturated heterocycles. The van der Waals surface area contributed by atoms with Gasteiger partial charge in [0.15, 0.2) is 0 Å². The monoisotopic (exact) mass is 274 g/mol. The molecule has 1 aromatic heterocycles. The number of para-hydroxylation sites is 1. The van der Waals surface area contributed by atoms with E-state index < -0.39 is 0 Å². The molecular formula is C15H18N2OS. The Labute approximate surface area is 118 Å². The fraction of sp³-hybridized carbons (Fsp3) is 0.267. The molecule has 0 radical (unpaired) electrons. The highest BCUT2D eigenvalue weighted by atomic mass is 32.1. The van der Waals surface area contributed by atoms with Gasteiger partial charge in [-0.3, -0.25) is 9.69 Å². The lowest BCUT2D eigenvalue weighted by atomic mass is 10.3. The summed E-state index contributed by atoms with van der Waals surface area (Å²) >= 11 is 1.72. The Bertz CT molecular complexity index is 510. The summed E-state index contributed by atoms with van der Waals surface area (Å²) in [6.45, 7) is 1.23. The van der Waals surface area contributed by atoms with Crippen molar-refractivity contribution in [2.45, 2.75) is 6.54 Å². The van der Waals surface area contributed by atoms with Crippen molar-refractivity contribution in [3.8, 4) is 0 Å². The lowest BCUT2D eigenvalue weighted by molar-refractivity contribution is -0.119. The summed E-state index contributed by atoms with van der Waals surface area (Å²) in [6, 6.07) is 13.8. The maximum atomic E-state index is 12.2. The molecule has 0 aliphatic rings. The van der Waals surface area contributed by atoms with Crippen LogP contribution in [0.15, 0.2) is 47.8 Å². The first kappa shape index (κ1) is 13.8. The number of carbonyl (C=O) groups is 1. The van der Waals surface area contributed by atoms with Crippen molar-refractivity contribution in [3.63, 3.8) is 0 Å². The molecule has 2 aromatic rings. The summed E-state index contributed by atoms with van der Waals surface area (Å²) in [6.07, 6.45) is 0. The van der Waals surface area contributed by atoms with E-state index >= 15 is 0 Å². The van der Waals surface area contributed by atoms with Gasteiger partial charge in [0.1, 0.15) is 0 Å². The quantitative estimate of drug-likeness (QED) is 0.837. The summed E-state index contributed by atoms with van der Waals surface area (Å²) in [5.41, 5.74) is 0.928. The zero-order valence-electron chi connectivity index (χ0n) is 11.2. The zero-order valence-corrected chi connectivity index (χ0v) is 12.1. The number of likely N-dealkylation sites (N-methyl/N-ethyl adjacent to an activating group) is 2. The van der Waals surface area contributed by atoms with Crippen molar-refractivity contribution in [1.82, 2.24) is 4.90 Å². The molecule has 0 fully saturated rings. The number of hydrogen-bond acceptors (Lipinski definition) is 3. The highest BCUT2D eigenvalue weighted by Crippen LogP contribution is 2.13.